The summed E-state index contributed by atoms with van der Waals surface area (Å²) in [5.74, 6) is -2.88. The van der Waals surface area contributed by atoms with Crippen LogP contribution >= 0.6 is 0 Å². The minimum Gasteiger partial charge on any atom is -0.387 e. The van der Waals surface area contributed by atoms with Crippen molar-refractivity contribution < 1.29 is 43.7 Å². The van der Waals surface area contributed by atoms with Gasteiger partial charge in [-0.3, -0.25) is 43.3 Å². The standard InChI is InChI=1S/C42H74N18O9/c43-18-8-7-13-26(57-28(61)17-6-4-10-20-51-39(68)33-31(63)32(64)40(69-33)60-24-56-30-34(44)54-23-55-36(30)60)37(66)50-19-9-3-1-2-5-16-29(62)58-27(15-12-22-53-42(48)49)38(67)59-25(35(45)65)14-11-21-52-41(46)47/h23-27,31-33,40,63-64H,1-22,43H2,(H2,45,65)(H,50,66)(H,51,68)(H,57,61)(H,58,62)(H,59,67)(H2,44,54,55)(H4,46,47,52)(H4,48,49,53)/t25-,26-,27-,31+,32-,33+,40-/m1/s1. The molecule has 2 aromatic rings. The van der Waals surface area contributed by atoms with Gasteiger partial charge < -0.3 is 81.7 Å². The van der Waals surface area contributed by atoms with Crippen molar-refractivity contribution in [2.45, 2.75) is 152 Å². The number of carbonyl (C=O) groups excluding carboxylic acids is 6. The first-order valence-corrected chi connectivity index (χ1v) is 23.5. The number of aliphatic imine (C=N–C) groups is 2. The molecule has 3 rings (SSSR count). The van der Waals surface area contributed by atoms with Crippen LogP contribution in [-0.2, 0) is 33.5 Å². The second-order valence-corrected chi connectivity index (χ2v) is 16.8. The van der Waals surface area contributed by atoms with Gasteiger partial charge in [0.2, 0.25) is 29.5 Å². The van der Waals surface area contributed by atoms with Crippen molar-refractivity contribution in [3.8, 4) is 0 Å². The maximum Gasteiger partial charge on any atom is 0.252 e. The number of nitrogens with two attached hydrogens (primary N) is 7. The molecule has 21 N–H and O–H groups in total. The van der Waals surface area contributed by atoms with Crippen LogP contribution in [0.1, 0.15) is 115 Å². The Hall–Kier alpha value is -6.45. The number of imidazole rings is 1. The highest BCUT2D eigenvalue weighted by Crippen LogP contribution is 2.32. The monoisotopic (exact) mass is 975 g/mol. The lowest BCUT2D eigenvalue weighted by atomic mass is 10.1. The lowest BCUT2D eigenvalue weighted by molar-refractivity contribution is -0.137. The van der Waals surface area contributed by atoms with Crippen LogP contribution in [0.4, 0.5) is 5.82 Å². The molecule has 0 aliphatic carbocycles. The average molecular weight is 975 g/mol. The number of aromatic nitrogens is 4. The highest BCUT2D eigenvalue weighted by molar-refractivity contribution is 5.91. The van der Waals surface area contributed by atoms with Crippen molar-refractivity contribution in [3.63, 3.8) is 0 Å². The third kappa shape index (κ3) is 20.4. The number of guanidine groups is 2. The van der Waals surface area contributed by atoms with Crippen LogP contribution in [0.5, 0.6) is 0 Å². The van der Waals surface area contributed by atoms with Crippen molar-refractivity contribution in [2.24, 2.45) is 44.4 Å². The molecule has 2 aromatic heterocycles. The number of aliphatic hydroxyl groups is 2. The number of amides is 6. The van der Waals surface area contributed by atoms with Gasteiger partial charge in [-0.25, -0.2) is 15.0 Å². The van der Waals surface area contributed by atoms with E-state index in [4.69, 9.17) is 44.9 Å². The van der Waals surface area contributed by atoms with E-state index in [1.54, 1.807) is 0 Å². The maximum atomic E-state index is 13.2. The summed E-state index contributed by atoms with van der Waals surface area (Å²) >= 11 is 0. The number of anilines is 1. The molecule has 0 aromatic carbocycles. The van der Waals surface area contributed by atoms with E-state index in [1.807, 2.05) is 0 Å². The topological polar surface area (TPSA) is 463 Å². The molecule has 1 fully saturated rings. The number of nitrogen functional groups attached to an aromatic ring is 1. The van der Waals surface area contributed by atoms with E-state index >= 15 is 0 Å². The Morgan fingerprint density at radius 1 is 0.652 bits per heavy atom. The number of nitrogens with one attached hydrogen (secondary N) is 5. The molecule has 1 aliphatic heterocycles. The second kappa shape index (κ2) is 30.8. The summed E-state index contributed by atoms with van der Waals surface area (Å²) < 4.78 is 7.11. The van der Waals surface area contributed by atoms with Crippen LogP contribution in [0.15, 0.2) is 22.6 Å². The number of fused-ring (bicyclic) bond motifs is 1. The molecular weight excluding hydrogens is 901 g/mol. The van der Waals surface area contributed by atoms with E-state index in [9.17, 15) is 39.0 Å². The quantitative estimate of drug-likeness (QED) is 0.0183. The molecule has 386 valence electrons. The van der Waals surface area contributed by atoms with Crippen LogP contribution < -0.4 is 66.7 Å². The number of ether oxygens (including phenoxy) is 1. The van der Waals surface area contributed by atoms with Crippen LogP contribution in [0.2, 0.25) is 0 Å². The normalized spacial score (nSPS) is 17.8. The van der Waals surface area contributed by atoms with Gasteiger partial charge in [0, 0.05) is 39.0 Å². The Morgan fingerprint density at radius 2 is 1.20 bits per heavy atom. The number of carbonyl (C=O) groups is 6. The zero-order valence-corrected chi connectivity index (χ0v) is 39.2. The highest BCUT2D eigenvalue weighted by Gasteiger charge is 2.47. The molecule has 0 unspecified atom stereocenters. The lowest BCUT2D eigenvalue weighted by Gasteiger charge is -2.22. The van der Waals surface area contributed by atoms with Gasteiger partial charge in [0.05, 0.1) is 6.33 Å². The van der Waals surface area contributed by atoms with E-state index in [0.29, 0.717) is 77.3 Å². The third-order valence-electron chi connectivity index (χ3n) is 11.2. The molecule has 0 radical (unpaired) electrons. The summed E-state index contributed by atoms with van der Waals surface area (Å²) in [6.07, 6.45) is 5.56. The highest BCUT2D eigenvalue weighted by atomic mass is 16.6. The molecule has 0 bridgehead atoms. The van der Waals surface area contributed by atoms with Gasteiger partial charge in [-0.2, -0.15) is 0 Å². The molecule has 1 aliphatic rings. The molecular formula is C42H74N18O9. The van der Waals surface area contributed by atoms with Crippen LogP contribution in [0, 0.1) is 0 Å². The number of nitrogens with zero attached hydrogens (tertiary/aromatic N) is 6. The Morgan fingerprint density at radius 3 is 1.81 bits per heavy atom. The van der Waals surface area contributed by atoms with Gasteiger partial charge in [0.1, 0.15) is 42.2 Å². The Kier molecular flexibility index (Phi) is 25.4. The van der Waals surface area contributed by atoms with Gasteiger partial charge in [0.15, 0.2) is 35.7 Å². The minimum absolute atomic E-state index is 0.0971. The molecule has 0 spiro atoms. The second-order valence-electron chi connectivity index (χ2n) is 16.8. The van der Waals surface area contributed by atoms with Gasteiger partial charge >= 0.3 is 0 Å². The third-order valence-corrected chi connectivity index (χ3v) is 11.2. The molecule has 6 amide bonds. The predicted molar refractivity (Wildman–Crippen MR) is 256 cm³/mol. The van der Waals surface area contributed by atoms with Gasteiger partial charge in [-0.1, -0.05) is 25.7 Å². The Balaban J connectivity index is 1.32. The van der Waals surface area contributed by atoms with Crippen LogP contribution in [-0.4, -0.2) is 146 Å². The van der Waals surface area contributed by atoms with Crippen molar-refractivity contribution >= 4 is 64.3 Å². The maximum absolute atomic E-state index is 13.2. The number of unbranched alkanes of at least 4 members (excludes halogenated alkanes) is 7. The van der Waals surface area contributed by atoms with Crippen LogP contribution in [0.25, 0.3) is 11.2 Å². The Bertz CT molecular complexity index is 2010. The summed E-state index contributed by atoms with van der Waals surface area (Å²) in [6.45, 7) is 1.57. The molecule has 7 atom stereocenters. The molecule has 27 nitrogen and oxygen atoms in total. The van der Waals surface area contributed by atoms with Gasteiger partial charge in [0.25, 0.3) is 5.91 Å². The van der Waals surface area contributed by atoms with E-state index < -0.39 is 60.4 Å². The average Bonchev–Trinajstić information content (AvgIpc) is 3.87. The molecule has 1 saturated heterocycles. The fourth-order valence-electron chi connectivity index (χ4n) is 7.47. The first-order valence-electron chi connectivity index (χ1n) is 23.5. The van der Waals surface area contributed by atoms with E-state index in [1.165, 1.54) is 17.2 Å². The smallest absolute Gasteiger partial charge is 0.252 e. The van der Waals surface area contributed by atoms with Crippen LogP contribution in [0.3, 0.4) is 0 Å². The molecule has 3 heterocycles. The van der Waals surface area contributed by atoms with Gasteiger partial charge in [-0.05, 0) is 77.2 Å². The number of aliphatic hydroxyl groups excluding tert-OH is 2. The summed E-state index contributed by atoms with van der Waals surface area (Å²) in [5, 5.41) is 35.1. The summed E-state index contributed by atoms with van der Waals surface area (Å²) in [4.78, 5) is 96.9. The van der Waals surface area contributed by atoms with E-state index in [-0.39, 0.29) is 91.9 Å². The first-order chi connectivity index (χ1) is 33.0. The van der Waals surface area contributed by atoms with E-state index in [2.05, 4.69) is 51.5 Å². The number of hydrogen-bond acceptors (Lipinski definition) is 16. The summed E-state index contributed by atoms with van der Waals surface area (Å²) in [7, 11) is 0. The largest absolute Gasteiger partial charge is 0.387 e. The zero-order valence-electron chi connectivity index (χ0n) is 39.2. The predicted octanol–water partition coefficient (Wildman–Crippen LogP) is -3.66. The fraction of sp³-hybridized carbons (Fsp3) is 0.690. The SMILES string of the molecule is NCCCC[C@@H](NC(=O)CCCCCNC(=O)[C@H]1O[C@@H](n2cnc3c(N)ncnc32)[C@H](O)[C@@H]1O)C(=O)NCCCCCCCC(=O)N[C@H](CCCN=C(N)N)C(=O)N[C@H](CCCN=C(N)N)C(N)=O. The van der Waals surface area contributed by atoms with Gasteiger partial charge in [-0.15, -0.1) is 0 Å². The van der Waals surface area contributed by atoms with E-state index in [0.717, 1.165) is 19.3 Å². The zero-order chi connectivity index (χ0) is 50.7. The van der Waals surface area contributed by atoms with Crippen molar-refractivity contribution in [1.29, 1.82) is 0 Å². The fourth-order valence-corrected chi connectivity index (χ4v) is 7.47. The number of hydrogen-bond donors (Lipinski definition) is 14. The van der Waals surface area contributed by atoms with Crippen molar-refractivity contribution in [3.05, 3.63) is 12.7 Å². The summed E-state index contributed by atoms with van der Waals surface area (Å²) in [6, 6.07) is -2.67. The minimum atomic E-state index is -1.51. The number of primary amides is 1. The summed E-state index contributed by atoms with van der Waals surface area (Å²) in [5.41, 5.74) is 39.1. The molecule has 0 saturated carbocycles. The van der Waals surface area contributed by atoms with Crippen molar-refractivity contribution in [1.82, 2.24) is 46.1 Å². The van der Waals surface area contributed by atoms with Crippen molar-refractivity contribution in [2.75, 3.05) is 38.5 Å². The first kappa shape index (κ1) is 56.9. The molecule has 69 heavy (non-hydrogen) atoms. The molecule has 27 heteroatoms. The number of rotatable bonds is 34. The lowest BCUT2D eigenvalue weighted by Crippen LogP contribution is -2.53. The Labute approximate surface area is 400 Å².